The van der Waals surface area contributed by atoms with Crippen LogP contribution in [0.5, 0.6) is 0 Å². The molecule has 0 aliphatic rings. The van der Waals surface area contributed by atoms with Crippen LogP contribution in [0, 0.1) is 0 Å². The highest BCUT2D eigenvalue weighted by molar-refractivity contribution is 7.89. The van der Waals surface area contributed by atoms with Gasteiger partial charge in [-0.25, -0.2) is 18.1 Å². The van der Waals surface area contributed by atoms with Crippen molar-refractivity contribution in [3.05, 3.63) is 52.5 Å². The number of para-hydroxylation sites is 1. The number of amides is 1. The summed E-state index contributed by atoms with van der Waals surface area (Å²) in [5.74, 6) is -0.808. The second-order valence-corrected chi connectivity index (χ2v) is 12.7. The van der Waals surface area contributed by atoms with Crippen LogP contribution < -0.4 is 10.0 Å². The Morgan fingerprint density at radius 3 is 2.30 bits per heavy atom. The van der Waals surface area contributed by atoms with Gasteiger partial charge in [0.1, 0.15) is 5.01 Å². The van der Waals surface area contributed by atoms with E-state index in [-0.39, 0.29) is 21.5 Å². The Labute approximate surface area is 230 Å². The minimum absolute atomic E-state index is 0.0759. The zero-order valence-corrected chi connectivity index (χ0v) is 24.2. The van der Waals surface area contributed by atoms with Crippen molar-refractivity contribution in [3.63, 3.8) is 0 Å². The Bertz CT molecular complexity index is 1230. The van der Waals surface area contributed by atoms with Crippen molar-refractivity contribution >= 4 is 54.8 Å². The van der Waals surface area contributed by atoms with Crippen molar-refractivity contribution in [3.8, 4) is 0 Å². The molecule has 1 amide bonds. The fourth-order valence-corrected chi connectivity index (χ4v) is 6.38. The van der Waals surface area contributed by atoms with E-state index >= 15 is 0 Å². The molecule has 0 spiro atoms. The molecule has 1 atom stereocenters. The lowest BCUT2D eigenvalue weighted by molar-refractivity contribution is -0.117. The minimum Gasteiger partial charge on any atom is -0.324 e. The van der Waals surface area contributed by atoms with Gasteiger partial charge in [-0.1, -0.05) is 88.4 Å². The zero-order valence-electron chi connectivity index (χ0n) is 21.8. The van der Waals surface area contributed by atoms with Gasteiger partial charge in [-0.15, -0.1) is 11.3 Å². The molecule has 0 aliphatic carbocycles. The van der Waals surface area contributed by atoms with Gasteiger partial charge in [0.25, 0.3) is 0 Å². The van der Waals surface area contributed by atoms with Crippen LogP contribution in [0.15, 0.2) is 47.4 Å². The van der Waals surface area contributed by atoms with Crippen LogP contribution in [-0.2, 0) is 14.8 Å². The fraction of sp³-hybridized carbons (Fsp3) is 0.500. The Morgan fingerprint density at radius 1 is 0.973 bits per heavy atom. The van der Waals surface area contributed by atoms with Gasteiger partial charge < -0.3 is 5.32 Å². The molecule has 2 aromatic carbocycles. The summed E-state index contributed by atoms with van der Waals surface area (Å²) in [6.45, 7) is 4.39. The van der Waals surface area contributed by atoms with Crippen LogP contribution in [0.3, 0.4) is 0 Å². The lowest BCUT2D eigenvalue weighted by Gasteiger charge is -2.13. The Kier molecular flexibility index (Phi) is 11.8. The number of halogens is 1. The Balaban J connectivity index is 1.48. The molecule has 0 fully saturated rings. The van der Waals surface area contributed by atoms with Gasteiger partial charge in [0.15, 0.2) is 0 Å². The number of carbonyl (C=O) groups excluding carboxylic acids is 1. The summed E-state index contributed by atoms with van der Waals surface area (Å²) in [6.07, 6.45) is 11.9. The van der Waals surface area contributed by atoms with E-state index in [0.717, 1.165) is 29.5 Å². The number of thiazole rings is 1. The normalized spacial score (nSPS) is 12.6. The summed E-state index contributed by atoms with van der Waals surface area (Å²) in [7, 11) is -3.71. The predicted molar refractivity (Wildman–Crippen MR) is 155 cm³/mol. The highest BCUT2D eigenvalue weighted by Gasteiger charge is 2.22. The SMILES string of the molecule is CCCCCCCCCCCCNS(=O)(=O)c1ccc(Cl)c(NC(=O)C(C)c2nc3ccccc3s2)c1. The first-order valence-electron chi connectivity index (χ1n) is 13.3. The van der Waals surface area contributed by atoms with Gasteiger partial charge in [-0.3, -0.25) is 4.79 Å². The van der Waals surface area contributed by atoms with Crippen molar-refractivity contribution in [1.82, 2.24) is 9.71 Å². The first kappa shape index (κ1) is 29.6. The van der Waals surface area contributed by atoms with E-state index in [4.69, 9.17) is 11.6 Å². The van der Waals surface area contributed by atoms with Gasteiger partial charge in [-0.2, -0.15) is 0 Å². The highest BCUT2D eigenvalue weighted by Crippen LogP contribution is 2.30. The van der Waals surface area contributed by atoms with Crippen molar-refractivity contribution in [2.45, 2.75) is 88.9 Å². The molecular formula is C28H38ClN3O3S2. The first-order chi connectivity index (χ1) is 17.8. The Morgan fingerprint density at radius 2 is 1.62 bits per heavy atom. The molecule has 2 N–H and O–H groups in total. The maximum absolute atomic E-state index is 12.9. The molecule has 0 radical (unpaired) electrons. The topological polar surface area (TPSA) is 88.2 Å². The molecule has 37 heavy (non-hydrogen) atoms. The monoisotopic (exact) mass is 563 g/mol. The van der Waals surface area contributed by atoms with Gasteiger partial charge in [-0.05, 0) is 43.7 Å². The molecule has 0 saturated heterocycles. The molecular weight excluding hydrogens is 526 g/mol. The van der Waals surface area contributed by atoms with Crippen LogP contribution >= 0.6 is 22.9 Å². The van der Waals surface area contributed by atoms with E-state index < -0.39 is 15.9 Å². The van der Waals surface area contributed by atoms with Crippen LogP contribution in [-0.4, -0.2) is 25.9 Å². The molecule has 0 saturated carbocycles. The Hall–Kier alpha value is -2.00. The maximum atomic E-state index is 12.9. The quantitative estimate of drug-likeness (QED) is 0.173. The largest absolute Gasteiger partial charge is 0.324 e. The third-order valence-corrected chi connectivity index (χ3v) is 9.41. The number of aromatic nitrogens is 1. The van der Waals surface area contributed by atoms with Crippen LogP contribution in [0.2, 0.25) is 5.02 Å². The average molecular weight is 564 g/mol. The standard InChI is InChI=1S/C28H38ClN3O3S2/c1-3-4-5-6-7-8-9-10-11-14-19-30-37(34,35)22-17-18-23(29)25(20-22)31-27(33)21(2)28-32-24-15-12-13-16-26(24)36-28/h12-13,15-18,20-21,30H,3-11,14,19H2,1-2H3,(H,31,33). The van der Waals surface area contributed by atoms with E-state index in [9.17, 15) is 13.2 Å². The number of hydrogen-bond donors (Lipinski definition) is 2. The van der Waals surface area contributed by atoms with E-state index in [1.165, 1.54) is 74.5 Å². The van der Waals surface area contributed by atoms with Gasteiger partial charge >= 0.3 is 0 Å². The predicted octanol–water partition coefficient (Wildman–Crippen LogP) is 7.89. The lowest BCUT2D eigenvalue weighted by Crippen LogP contribution is -2.25. The second-order valence-electron chi connectivity index (χ2n) is 9.45. The summed E-state index contributed by atoms with van der Waals surface area (Å²) < 4.78 is 29.3. The van der Waals surface area contributed by atoms with Crippen molar-refractivity contribution < 1.29 is 13.2 Å². The van der Waals surface area contributed by atoms with Gasteiger partial charge in [0, 0.05) is 6.54 Å². The van der Waals surface area contributed by atoms with E-state index in [0.29, 0.717) is 11.6 Å². The maximum Gasteiger partial charge on any atom is 0.240 e. The minimum atomic E-state index is -3.71. The van der Waals surface area contributed by atoms with Gasteiger partial charge in [0.2, 0.25) is 15.9 Å². The molecule has 3 aromatic rings. The summed E-state index contributed by atoms with van der Waals surface area (Å²) >= 11 is 7.75. The molecule has 0 bridgehead atoms. The van der Waals surface area contributed by atoms with Crippen molar-refractivity contribution in [1.29, 1.82) is 0 Å². The summed E-state index contributed by atoms with van der Waals surface area (Å²) in [6, 6.07) is 12.1. The summed E-state index contributed by atoms with van der Waals surface area (Å²) in [5.41, 5.74) is 1.11. The number of benzene rings is 2. The molecule has 9 heteroatoms. The average Bonchev–Trinajstić information content (AvgIpc) is 3.32. The van der Waals surface area contributed by atoms with Crippen molar-refractivity contribution in [2.75, 3.05) is 11.9 Å². The van der Waals surface area contributed by atoms with E-state index in [1.54, 1.807) is 6.92 Å². The highest BCUT2D eigenvalue weighted by atomic mass is 35.5. The van der Waals surface area contributed by atoms with Crippen LogP contribution in [0.25, 0.3) is 10.2 Å². The van der Waals surface area contributed by atoms with Crippen LogP contribution in [0.1, 0.15) is 89.0 Å². The fourth-order valence-electron chi connectivity index (χ4n) is 4.10. The summed E-state index contributed by atoms with van der Waals surface area (Å²) in [5, 5.41) is 3.75. The third-order valence-electron chi connectivity index (χ3n) is 6.40. The molecule has 0 aliphatic heterocycles. The molecule has 1 unspecified atom stereocenters. The summed E-state index contributed by atoms with van der Waals surface area (Å²) in [4.78, 5) is 17.5. The molecule has 3 rings (SSSR count). The third kappa shape index (κ3) is 9.06. The van der Waals surface area contributed by atoms with Gasteiger partial charge in [0.05, 0.1) is 31.7 Å². The number of unbranched alkanes of at least 4 members (excludes halogenated alkanes) is 9. The van der Waals surface area contributed by atoms with E-state index in [1.807, 2.05) is 24.3 Å². The van der Waals surface area contributed by atoms with E-state index in [2.05, 4.69) is 21.9 Å². The number of anilines is 1. The lowest BCUT2D eigenvalue weighted by atomic mass is 10.1. The number of nitrogens with zero attached hydrogens (tertiary/aromatic N) is 1. The number of fused-ring (bicyclic) bond motifs is 1. The molecule has 6 nitrogen and oxygen atoms in total. The molecule has 202 valence electrons. The number of sulfonamides is 1. The van der Waals surface area contributed by atoms with Crippen molar-refractivity contribution in [2.24, 2.45) is 0 Å². The first-order valence-corrected chi connectivity index (χ1v) is 15.9. The molecule has 1 heterocycles. The van der Waals surface area contributed by atoms with Crippen LogP contribution in [0.4, 0.5) is 5.69 Å². The second kappa shape index (κ2) is 14.8. The number of nitrogens with one attached hydrogen (secondary N) is 2. The number of rotatable bonds is 16. The number of carbonyl (C=O) groups is 1. The zero-order chi connectivity index (χ0) is 26.7. The number of hydrogen-bond acceptors (Lipinski definition) is 5. The molecule has 1 aromatic heterocycles. The smallest absolute Gasteiger partial charge is 0.240 e.